The number of carbonyl (C=O) groups is 1. The number of amides is 1. The first-order valence-electron chi connectivity index (χ1n) is 6.46. The third kappa shape index (κ3) is 6.87. The summed E-state index contributed by atoms with van der Waals surface area (Å²) >= 11 is 0. The van der Waals surface area contributed by atoms with Crippen molar-refractivity contribution in [2.75, 3.05) is 6.54 Å². The van der Waals surface area contributed by atoms with Gasteiger partial charge in [0.1, 0.15) is 0 Å². The van der Waals surface area contributed by atoms with Crippen LogP contribution in [0.3, 0.4) is 0 Å². The molecule has 0 aromatic heterocycles. The summed E-state index contributed by atoms with van der Waals surface area (Å²) < 4.78 is 0. The molecule has 0 aliphatic heterocycles. The molecule has 1 amide bonds. The Morgan fingerprint density at radius 3 is 2.55 bits per heavy atom. The first-order chi connectivity index (χ1) is 9.38. The van der Waals surface area contributed by atoms with E-state index in [0.29, 0.717) is 0 Å². The van der Waals surface area contributed by atoms with Gasteiger partial charge in [0.05, 0.1) is 11.7 Å². The second-order valence-corrected chi connectivity index (χ2v) is 5.13. The number of carbonyl (C=O) groups excluding carboxylic acids is 1. The lowest BCUT2D eigenvalue weighted by atomic mass is 10.1. The molecule has 4 nitrogen and oxygen atoms in total. The zero-order valence-corrected chi connectivity index (χ0v) is 11.8. The minimum Gasteiger partial charge on any atom is -0.389 e. The van der Waals surface area contributed by atoms with Crippen LogP contribution in [0.2, 0.25) is 0 Å². The average molecular weight is 275 g/mol. The maximum Gasteiger partial charge on any atom is 0.244 e. The quantitative estimate of drug-likeness (QED) is 0.547. The molecule has 0 spiro atoms. The molecule has 0 bridgehead atoms. The van der Waals surface area contributed by atoms with Gasteiger partial charge in [0.25, 0.3) is 0 Å². The van der Waals surface area contributed by atoms with Crippen LogP contribution < -0.4 is 5.32 Å². The summed E-state index contributed by atoms with van der Waals surface area (Å²) in [6, 6.07) is 9.25. The van der Waals surface area contributed by atoms with E-state index < -0.39 is 11.7 Å². The summed E-state index contributed by atoms with van der Waals surface area (Å²) in [6.45, 7) is 3.42. The summed E-state index contributed by atoms with van der Waals surface area (Å²) in [5.74, 6) is -0.286. The van der Waals surface area contributed by atoms with Crippen LogP contribution in [0.25, 0.3) is 0 Å². The highest BCUT2D eigenvalue weighted by Crippen LogP contribution is 2.12. The van der Waals surface area contributed by atoms with Gasteiger partial charge in [-0.2, -0.15) is 0 Å². The molecule has 1 aromatic carbocycles. The largest absolute Gasteiger partial charge is 0.389 e. The van der Waals surface area contributed by atoms with Gasteiger partial charge in [-0.3, -0.25) is 4.79 Å². The molecule has 0 aliphatic carbocycles. The van der Waals surface area contributed by atoms with Gasteiger partial charge in [0.15, 0.2) is 0 Å². The molecule has 1 aromatic rings. The minimum absolute atomic E-state index is 0.187. The van der Waals surface area contributed by atoms with Crippen molar-refractivity contribution in [1.29, 1.82) is 0 Å². The van der Waals surface area contributed by atoms with Gasteiger partial charge in [-0.25, -0.2) is 0 Å². The number of benzene rings is 1. The van der Waals surface area contributed by atoms with Crippen molar-refractivity contribution in [3.63, 3.8) is 0 Å². The number of allylic oxidation sites excluding steroid dienone is 2. The monoisotopic (exact) mass is 275 g/mol. The second-order valence-electron chi connectivity index (χ2n) is 5.13. The van der Waals surface area contributed by atoms with Crippen LogP contribution in [0.4, 0.5) is 0 Å². The molecule has 3 N–H and O–H groups in total. The summed E-state index contributed by atoms with van der Waals surface area (Å²) in [5.41, 5.74) is -0.133. The molecule has 1 rings (SSSR count). The molecule has 1 unspecified atom stereocenters. The Labute approximate surface area is 119 Å². The van der Waals surface area contributed by atoms with Crippen molar-refractivity contribution in [2.45, 2.75) is 25.6 Å². The fourth-order valence-electron chi connectivity index (χ4n) is 1.44. The van der Waals surface area contributed by atoms with Crippen LogP contribution in [0.5, 0.6) is 0 Å². The lowest BCUT2D eigenvalue weighted by Gasteiger charge is -2.16. The minimum atomic E-state index is -0.928. The standard InChI is InChI=1S/C16H21NO3/c1-16(2,20)12-17-15(19)11-7-6-10-14(18)13-8-4-3-5-9-13/h3-11,14,18,20H,12H2,1-2H3,(H,17,19)/b10-6+,11-7+. The molecule has 0 radical (unpaired) electrons. The van der Waals surface area contributed by atoms with E-state index in [9.17, 15) is 15.0 Å². The normalized spacial score (nSPS) is 13.8. The van der Waals surface area contributed by atoms with Gasteiger partial charge in [-0.05, 0) is 19.4 Å². The molecule has 0 heterocycles. The van der Waals surface area contributed by atoms with E-state index in [1.807, 2.05) is 30.3 Å². The number of hydrogen-bond acceptors (Lipinski definition) is 3. The van der Waals surface area contributed by atoms with Gasteiger partial charge in [-0.15, -0.1) is 0 Å². The zero-order chi connectivity index (χ0) is 15.0. The Morgan fingerprint density at radius 2 is 1.95 bits per heavy atom. The summed E-state index contributed by atoms with van der Waals surface area (Å²) in [6.07, 6.45) is 5.41. The highest BCUT2D eigenvalue weighted by Gasteiger charge is 2.12. The first kappa shape index (κ1) is 16.1. The fourth-order valence-corrected chi connectivity index (χ4v) is 1.44. The van der Waals surface area contributed by atoms with Gasteiger partial charge in [0.2, 0.25) is 5.91 Å². The molecule has 0 fully saturated rings. The van der Waals surface area contributed by atoms with Gasteiger partial charge in [-0.1, -0.05) is 48.6 Å². The number of aliphatic hydroxyl groups is 2. The Hall–Kier alpha value is -1.91. The lowest BCUT2D eigenvalue weighted by Crippen LogP contribution is -2.37. The third-order valence-electron chi connectivity index (χ3n) is 2.49. The van der Waals surface area contributed by atoms with Crippen LogP contribution in [0, 0.1) is 0 Å². The van der Waals surface area contributed by atoms with Crippen molar-refractivity contribution >= 4 is 5.91 Å². The van der Waals surface area contributed by atoms with E-state index in [4.69, 9.17) is 0 Å². The maximum absolute atomic E-state index is 11.4. The van der Waals surface area contributed by atoms with Crippen LogP contribution in [-0.4, -0.2) is 28.3 Å². The Bertz CT molecular complexity index is 472. The summed E-state index contributed by atoms with van der Waals surface area (Å²) in [7, 11) is 0. The zero-order valence-electron chi connectivity index (χ0n) is 11.8. The predicted octanol–water partition coefficient (Wildman–Crippen LogP) is 1.72. The molecule has 0 saturated carbocycles. The Morgan fingerprint density at radius 1 is 1.30 bits per heavy atom. The van der Waals surface area contributed by atoms with Crippen molar-refractivity contribution in [2.24, 2.45) is 0 Å². The number of aliphatic hydroxyl groups excluding tert-OH is 1. The number of nitrogens with one attached hydrogen (secondary N) is 1. The van der Waals surface area contributed by atoms with E-state index in [2.05, 4.69) is 5.32 Å². The van der Waals surface area contributed by atoms with Gasteiger partial charge >= 0.3 is 0 Å². The van der Waals surface area contributed by atoms with Gasteiger partial charge in [0, 0.05) is 12.6 Å². The maximum atomic E-state index is 11.4. The molecule has 0 saturated heterocycles. The molecule has 108 valence electrons. The fraction of sp³-hybridized carbons (Fsp3) is 0.312. The van der Waals surface area contributed by atoms with Crippen molar-refractivity contribution in [1.82, 2.24) is 5.32 Å². The molecular formula is C16H21NO3. The number of rotatable bonds is 6. The second kappa shape index (κ2) is 7.62. The first-order valence-corrected chi connectivity index (χ1v) is 6.46. The van der Waals surface area contributed by atoms with E-state index in [1.54, 1.807) is 32.1 Å². The SMILES string of the molecule is CC(C)(O)CNC(=O)/C=C/C=C/C(O)c1ccccc1. The van der Waals surface area contributed by atoms with E-state index in [0.717, 1.165) is 5.56 Å². The lowest BCUT2D eigenvalue weighted by molar-refractivity contribution is -0.117. The van der Waals surface area contributed by atoms with Crippen molar-refractivity contribution in [3.8, 4) is 0 Å². The smallest absolute Gasteiger partial charge is 0.244 e. The van der Waals surface area contributed by atoms with E-state index in [1.165, 1.54) is 6.08 Å². The summed E-state index contributed by atoms with van der Waals surface area (Å²) in [4.78, 5) is 11.4. The topological polar surface area (TPSA) is 69.6 Å². The summed E-state index contributed by atoms with van der Waals surface area (Å²) in [5, 5.41) is 21.9. The van der Waals surface area contributed by atoms with E-state index >= 15 is 0 Å². The number of hydrogen-bond donors (Lipinski definition) is 3. The van der Waals surface area contributed by atoms with Crippen LogP contribution in [0.1, 0.15) is 25.5 Å². The molecule has 20 heavy (non-hydrogen) atoms. The van der Waals surface area contributed by atoms with Crippen LogP contribution in [-0.2, 0) is 4.79 Å². The van der Waals surface area contributed by atoms with Crippen molar-refractivity contribution < 1.29 is 15.0 Å². The molecule has 1 atom stereocenters. The third-order valence-corrected chi connectivity index (χ3v) is 2.49. The van der Waals surface area contributed by atoms with Crippen molar-refractivity contribution in [3.05, 3.63) is 60.2 Å². The Balaban J connectivity index is 2.40. The van der Waals surface area contributed by atoms with Gasteiger partial charge < -0.3 is 15.5 Å². The average Bonchev–Trinajstić information content (AvgIpc) is 2.41. The molecule has 0 aliphatic rings. The van der Waals surface area contributed by atoms with E-state index in [-0.39, 0.29) is 12.5 Å². The Kier molecular flexibility index (Phi) is 6.15. The highest BCUT2D eigenvalue weighted by molar-refractivity contribution is 5.87. The molecule has 4 heteroatoms. The molecular weight excluding hydrogens is 254 g/mol. The predicted molar refractivity (Wildman–Crippen MR) is 79.0 cm³/mol. The van der Waals surface area contributed by atoms with Crippen LogP contribution >= 0.6 is 0 Å². The highest BCUT2D eigenvalue weighted by atomic mass is 16.3. The van der Waals surface area contributed by atoms with Crippen LogP contribution in [0.15, 0.2) is 54.6 Å².